The van der Waals surface area contributed by atoms with Gasteiger partial charge in [-0.2, -0.15) is 0 Å². The minimum Gasteiger partial charge on any atom is -0.369 e. The minimum absolute atomic E-state index is 0.207. The molecule has 1 saturated heterocycles. The van der Waals surface area contributed by atoms with E-state index in [1.165, 1.54) is 0 Å². The van der Waals surface area contributed by atoms with Crippen molar-refractivity contribution in [1.82, 2.24) is 10.2 Å². The van der Waals surface area contributed by atoms with Crippen molar-refractivity contribution in [3.8, 4) is 0 Å². The average molecular weight is 375 g/mol. The molecule has 0 radical (unpaired) electrons. The quantitative estimate of drug-likeness (QED) is 0.833. The first-order valence-electron chi connectivity index (χ1n) is 7.17. The number of amides is 1. The maximum absolute atomic E-state index is 10.9. The third kappa shape index (κ3) is 4.95. The number of likely N-dealkylation sites (tertiary alicyclic amines) is 1. The van der Waals surface area contributed by atoms with E-state index in [4.69, 9.17) is 17.3 Å². The lowest BCUT2D eigenvalue weighted by Gasteiger charge is -2.33. The molecule has 0 aliphatic carbocycles. The van der Waals surface area contributed by atoms with E-state index in [0.29, 0.717) is 12.6 Å². The third-order valence-electron chi connectivity index (χ3n) is 3.88. The molecule has 1 atom stereocenters. The van der Waals surface area contributed by atoms with Crippen molar-refractivity contribution < 1.29 is 4.79 Å². The van der Waals surface area contributed by atoms with E-state index in [1.54, 1.807) is 0 Å². The van der Waals surface area contributed by atoms with Gasteiger partial charge >= 0.3 is 0 Å². The van der Waals surface area contributed by atoms with Crippen molar-refractivity contribution in [3.63, 3.8) is 0 Å². The second-order valence-corrected chi connectivity index (χ2v) is 6.89. The van der Waals surface area contributed by atoms with Gasteiger partial charge in [0.1, 0.15) is 0 Å². The lowest BCUT2D eigenvalue weighted by atomic mass is 10.0. The maximum atomic E-state index is 10.9. The number of piperidine rings is 1. The van der Waals surface area contributed by atoms with Crippen LogP contribution in [0.2, 0.25) is 5.02 Å². The van der Waals surface area contributed by atoms with Crippen LogP contribution in [0.1, 0.15) is 31.4 Å². The van der Waals surface area contributed by atoms with Gasteiger partial charge in [-0.05, 0) is 37.5 Å². The molecule has 0 spiro atoms. The van der Waals surface area contributed by atoms with Crippen molar-refractivity contribution >= 4 is 33.4 Å². The van der Waals surface area contributed by atoms with E-state index >= 15 is 0 Å². The molecule has 1 aliphatic heterocycles. The van der Waals surface area contributed by atoms with Crippen LogP contribution in [0.5, 0.6) is 0 Å². The molecule has 116 valence electrons. The fourth-order valence-electron chi connectivity index (χ4n) is 2.77. The molecule has 0 bridgehead atoms. The highest BCUT2D eigenvalue weighted by Crippen LogP contribution is 2.27. The standard InChI is InChI=1S/C15H21BrClN3O/c1-10(13-3-2-11(16)8-14(13)17)19-12-4-6-20(7-5-12)9-15(18)21/h2-3,8,10,12,19H,4-7,9H2,1H3,(H2,18,21). The molecule has 3 N–H and O–H groups in total. The highest BCUT2D eigenvalue weighted by molar-refractivity contribution is 9.10. The Morgan fingerprint density at radius 1 is 1.52 bits per heavy atom. The Morgan fingerprint density at radius 3 is 2.76 bits per heavy atom. The summed E-state index contributed by atoms with van der Waals surface area (Å²) in [4.78, 5) is 13.0. The number of carbonyl (C=O) groups excluding carboxylic acids is 1. The number of nitrogens with one attached hydrogen (secondary N) is 1. The summed E-state index contributed by atoms with van der Waals surface area (Å²) in [6.07, 6.45) is 2.04. The first kappa shape index (κ1) is 16.7. The van der Waals surface area contributed by atoms with E-state index in [1.807, 2.05) is 18.2 Å². The molecule has 21 heavy (non-hydrogen) atoms. The lowest BCUT2D eigenvalue weighted by molar-refractivity contribution is -0.119. The predicted molar refractivity (Wildman–Crippen MR) is 89.4 cm³/mol. The first-order valence-corrected chi connectivity index (χ1v) is 8.34. The van der Waals surface area contributed by atoms with Gasteiger partial charge in [0.25, 0.3) is 0 Å². The summed E-state index contributed by atoms with van der Waals surface area (Å²) >= 11 is 9.71. The zero-order valence-electron chi connectivity index (χ0n) is 12.1. The second-order valence-electron chi connectivity index (χ2n) is 5.57. The van der Waals surface area contributed by atoms with Crippen LogP contribution < -0.4 is 11.1 Å². The van der Waals surface area contributed by atoms with E-state index in [0.717, 1.165) is 41.0 Å². The Hall–Kier alpha value is -0.620. The molecule has 1 fully saturated rings. The fourth-order valence-corrected chi connectivity index (χ4v) is 3.61. The Kier molecular flexibility index (Phi) is 6.05. The Morgan fingerprint density at radius 2 is 2.19 bits per heavy atom. The van der Waals surface area contributed by atoms with Gasteiger partial charge in [0.2, 0.25) is 5.91 Å². The molecule has 2 rings (SSSR count). The Bertz CT molecular complexity index is 504. The molecule has 1 aliphatic rings. The Labute approximate surface area is 139 Å². The number of hydrogen-bond acceptors (Lipinski definition) is 3. The van der Waals surface area contributed by atoms with Crippen LogP contribution in [0.3, 0.4) is 0 Å². The molecule has 6 heteroatoms. The summed E-state index contributed by atoms with van der Waals surface area (Å²) in [6.45, 7) is 4.30. The zero-order valence-corrected chi connectivity index (χ0v) is 14.5. The highest BCUT2D eigenvalue weighted by atomic mass is 79.9. The highest BCUT2D eigenvalue weighted by Gasteiger charge is 2.22. The number of nitrogens with zero attached hydrogens (tertiary/aromatic N) is 1. The summed E-state index contributed by atoms with van der Waals surface area (Å²) in [5, 5.41) is 4.40. The van der Waals surface area contributed by atoms with Crippen molar-refractivity contribution in [2.24, 2.45) is 5.73 Å². The smallest absolute Gasteiger partial charge is 0.231 e. The monoisotopic (exact) mass is 373 g/mol. The largest absolute Gasteiger partial charge is 0.369 e. The molecule has 1 heterocycles. The van der Waals surface area contributed by atoms with Gasteiger partial charge in [-0.1, -0.05) is 33.6 Å². The van der Waals surface area contributed by atoms with Crippen LogP contribution >= 0.6 is 27.5 Å². The van der Waals surface area contributed by atoms with E-state index < -0.39 is 0 Å². The van der Waals surface area contributed by atoms with Crippen molar-refractivity contribution in [3.05, 3.63) is 33.3 Å². The van der Waals surface area contributed by atoms with Gasteiger partial charge in [-0.25, -0.2) is 0 Å². The second kappa shape index (κ2) is 7.58. The normalized spacial score (nSPS) is 18.6. The fraction of sp³-hybridized carbons (Fsp3) is 0.533. The van der Waals surface area contributed by atoms with Crippen LogP contribution in [-0.2, 0) is 4.79 Å². The SMILES string of the molecule is CC(NC1CCN(CC(N)=O)CC1)c1ccc(Br)cc1Cl. The summed E-state index contributed by atoms with van der Waals surface area (Å²) < 4.78 is 0.989. The lowest BCUT2D eigenvalue weighted by Crippen LogP contribution is -2.45. The van der Waals surface area contributed by atoms with Gasteiger partial charge in [0.05, 0.1) is 6.54 Å². The van der Waals surface area contributed by atoms with Crippen LogP contribution in [0.25, 0.3) is 0 Å². The van der Waals surface area contributed by atoms with Crippen LogP contribution in [0, 0.1) is 0 Å². The van der Waals surface area contributed by atoms with Crippen molar-refractivity contribution in [2.45, 2.75) is 31.8 Å². The Balaban J connectivity index is 1.86. The minimum atomic E-state index is -0.253. The van der Waals surface area contributed by atoms with Crippen LogP contribution in [0.15, 0.2) is 22.7 Å². The molecular formula is C15H21BrClN3O. The van der Waals surface area contributed by atoms with Gasteiger partial charge in [0.15, 0.2) is 0 Å². The van der Waals surface area contributed by atoms with Crippen molar-refractivity contribution in [2.75, 3.05) is 19.6 Å². The first-order chi connectivity index (χ1) is 9.95. The zero-order chi connectivity index (χ0) is 15.4. The number of halogens is 2. The molecule has 1 amide bonds. The number of rotatable bonds is 5. The van der Waals surface area contributed by atoms with Gasteiger partial charge in [0, 0.05) is 34.7 Å². The predicted octanol–water partition coefficient (Wildman–Crippen LogP) is 2.70. The molecule has 1 aromatic carbocycles. The van der Waals surface area contributed by atoms with Gasteiger partial charge in [-0.15, -0.1) is 0 Å². The number of benzene rings is 1. The van der Waals surface area contributed by atoms with Crippen LogP contribution in [-0.4, -0.2) is 36.5 Å². The van der Waals surface area contributed by atoms with Gasteiger partial charge in [-0.3, -0.25) is 9.69 Å². The van der Waals surface area contributed by atoms with E-state index in [2.05, 4.69) is 33.1 Å². The number of nitrogens with two attached hydrogens (primary N) is 1. The van der Waals surface area contributed by atoms with Gasteiger partial charge < -0.3 is 11.1 Å². The van der Waals surface area contributed by atoms with Crippen LogP contribution in [0.4, 0.5) is 0 Å². The number of carbonyl (C=O) groups is 1. The van der Waals surface area contributed by atoms with E-state index in [9.17, 15) is 4.79 Å². The molecule has 1 aromatic rings. The molecule has 4 nitrogen and oxygen atoms in total. The molecule has 0 aromatic heterocycles. The number of primary amides is 1. The molecule has 1 unspecified atom stereocenters. The average Bonchev–Trinajstić information content (AvgIpc) is 2.40. The number of hydrogen-bond donors (Lipinski definition) is 2. The van der Waals surface area contributed by atoms with Crippen molar-refractivity contribution in [1.29, 1.82) is 0 Å². The third-order valence-corrected chi connectivity index (χ3v) is 4.70. The maximum Gasteiger partial charge on any atom is 0.231 e. The topological polar surface area (TPSA) is 58.4 Å². The summed E-state index contributed by atoms with van der Waals surface area (Å²) in [5.74, 6) is -0.253. The van der Waals surface area contributed by atoms with E-state index in [-0.39, 0.29) is 11.9 Å². The molecule has 0 saturated carbocycles. The molecular weight excluding hydrogens is 354 g/mol. The summed E-state index contributed by atoms with van der Waals surface area (Å²) in [6, 6.07) is 6.63. The summed E-state index contributed by atoms with van der Waals surface area (Å²) in [7, 11) is 0. The summed E-state index contributed by atoms with van der Waals surface area (Å²) in [5.41, 5.74) is 6.34.